The Morgan fingerprint density at radius 2 is 2.11 bits per heavy atom. The van der Waals surface area contributed by atoms with Crippen molar-refractivity contribution in [2.45, 2.75) is 0 Å². The third kappa shape index (κ3) is 1.99. The van der Waals surface area contributed by atoms with Crippen molar-refractivity contribution in [2.24, 2.45) is 0 Å². The van der Waals surface area contributed by atoms with Gasteiger partial charge in [-0.25, -0.2) is 4.79 Å². The minimum absolute atomic E-state index is 0.291. The topological polar surface area (TPSA) is 94.0 Å². The van der Waals surface area contributed by atoms with E-state index in [1.165, 1.54) is 6.20 Å². The fraction of sp³-hybridized carbons (Fsp3) is 0. The normalized spacial score (nSPS) is 10.6. The molecule has 2 N–H and O–H groups in total. The molecular weight excluding hydrogens is 232 g/mol. The maximum absolute atomic E-state index is 11.8. The van der Waals surface area contributed by atoms with Gasteiger partial charge in [-0.3, -0.25) is 4.79 Å². The summed E-state index contributed by atoms with van der Waals surface area (Å²) in [4.78, 5) is 25.1. The summed E-state index contributed by atoms with van der Waals surface area (Å²) in [5.74, 6) is -1.64. The monoisotopic (exact) mass is 240 g/mol. The summed E-state index contributed by atoms with van der Waals surface area (Å²) in [6.07, 6.45) is 3.22. The third-order valence-corrected chi connectivity index (χ3v) is 2.47. The Balaban J connectivity index is 2.56. The van der Waals surface area contributed by atoms with Crippen molar-refractivity contribution in [1.29, 1.82) is 5.26 Å². The molecule has 0 unspecified atom stereocenters. The van der Waals surface area contributed by atoms with Crippen LogP contribution in [0.2, 0.25) is 0 Å². The molecule has 1 heterocycles. The number of fused-ring (bicyclic) bond motifs is 1. The fourth-order valence-electron chi connectivity index (χ4n) is 1.71. The largest absolute Gasteiger partial charge is 0.478 e. The highest BCUT2D eigenvalue weighted by molar-refractivity contribution is 6.15. The number of carbonyl (C=O) groups is 2. The van der Waals surface area contributed by atoms with Crippen molar-refractivity contribution in [3.05, 3.63) is 47.7 Å². The average molecular weight is 240 g/mol. The number of nitrogens with one attached hydrogen (secondary N) is 1. The van der Waals surface area contributed by atoms with Crippen LogP contribution >= 0.6 is 0 Å². The molecule has 0 bridgehead atoms. The summed E-state index contributed by atoms with van der Waals surface area (Å²) in [6.45, 7) is 0. The number of aliphatic carboxylic acids is 1. The van der Waals surface area contributed by atoms with Crippen LogP contribution in [0.4, 0.5) is 0 Å². The summed E-state index contributed by atoms with van der Waals surface area (Å²) in [6, 6.07) is 7.06. The van der Waals surface area contributed by atoms with Gasteiger partial charge in [0.25, 0.3) is 0 Å². The molecule has 0 fully saturated rings. The Bertz CT molecular complexity index is 705. The zero-order valence-electron chi connectivity index (χ0n) is 9.18. The second-order valence-electron chi connectivity index (χ2n) is 3.58. The molecule has 0 spiro atoms. The number of allylic oxidation sites excluding steroid dienone is 1. The van der Waals surface area contributed by atoms with E-state index in [1.807, 2.05) is 6.07 Å². The van der Waals surface area contributed by atoms with Gasteiger partial charge in [0.05, 0.1) is 11.6 Å². The smallest absolute Gasteiger partial charge is 0.328 e. The molecule has 0 saturated carbocycles. The number of hydrogen-bond acceptors (Lipinski definition) is 3. The molecule has 88 valence electrons. The predicted molar refractivity (Wildman–Crippen MR) is 64.1 cm³/mol. The van der Waals surface area contributed by atoms with Crippen molar-refractivity contribution in [2.75, 3.05) is 0 Å². The van der Waals surface area contributed by atoms with Gasteiger partial charge in [0.15, 0.2) is 5.78 Å². The van der Waals surface area contributed by atoms with E-state index in [1.54, 1.807) is 18.2 Å². The Hall–Kier alpha value is -2.87. The van der Waals surface area contributed by atoms with Crippen LogP contribution < -0.4 is 0 Å². The third-order valence-electron chi connectivity index (χ3n) is 2.47. The molecule has 1 aromatic heterocycles. The highest BCUT2D eigenvalue weighted by atomic mass is 16.4. The van der Waals surface area contributed by atoms with E-state index in [9.17, 15) is 9.59 Å². The molecule has 0 aliphatic carbocycles. The lowest BCUT2D eigenvalue weighted by Gasteiger charge is -1.96. The van der Waals surface area contributed by atoms with Gasteiger partial charge in [-0.05, 0) is 18.2 Å². The molecule has 5 heteroatoms. The first-order chi connectivity index (χ1) is 8.63. The van der Waals surface area contributed by atoms with Crippen LogP contribution in [-0.4, -0.2) is 21.8 Å². The second-order valence-corrected chi connectivity index (χ2v) is 3.58. The summed E-state index contributed by atoms with van der Waals surface area (Å²) in [7, 11) is 0. The van der Waals surface area contributed by atoms with Crippen LogP contribution in [0.25, 0.3) is 10.9 Å². The standard InChI is InChI=1S/C13H8N2O3/c14-6-8-2-1-3-10-13(8)9(7-15-10)11(16)4-5-12(17)18/h1-5,7,15H,(H,17,18)/b5-4+. The van der Waals surface area contributed by atoms with Gasteiger partial charge in [0.2, 0.25) is 0 Å². The minimum atomic E-state index is -1.19. The fourth-order valence-corrected chi connectivity index (χ4v) is 1.71. The van der Waals surface area contributed by atoms with Crippen LogP contribution in [-0.2, 0) is 4.79 Å². The molecule has 2 aromatic rings. The maximum Gasteiger partial charge on any atom is 0.328 e. The molecule has 0 radical (unpaired) electrons. The van der Waals surface area contributed by atoms with Crippen LogP contribution in [0.15, 0.2) is 36.5 Å². The van der Waals surface area contributed by atoms with Gasteiger partial charge in [-0.2, -0.15) is 5.26 Å². The summed E-state index contributed by atoms with van der Waals surface area (Å²) >= 11 is 0. The number of nitriles is 1. The number of aromatic nitrogens is 1. The number of aromatic amines is 1. The average Bonchev–Trinajstić information content (AvgIpc) is 2.79. The number of H-pyrrole nitrogens is 1. The van der Waals surface area contributed by atoms with Gasteiger partial charge < -0.3 is 10.1 Å². The second kappa shape index (κ2) is 4.55. The zero-order chi connectivity index (χ0) is 13.1. The quantitative estimate of drug-likeness (QED) is 0.632. The van der Waals surface area contributed by atoms with Gasteiger partial charge in [-0.1, -0.05) is 6.07 Å². The minimum Gasteiger partial charge on any atom is -0.478 e. The van der Waals surface area contributed by atoms with Crippen molar-refractivity contribution in [1.82, 2.24) is 4.98 Å². The van der Waals surface area contributed by atoms with E-state index in [4.69, 9.17) is 10.4 Å². The molecular formula is C13H8N2O3. The van der Waals surface area contributed by atoms with Crippen LogP contribution in [0.1, 0.15) is 15.9 Å². The van der Waals surface area contributed by atoms with Crippen molar-refractivity contribution in [3.63, 3.8) is 0 Å². The first-order valence-corrected chi connectivity index (χ1v) is 5.09. The zero-order valence-corrected chi connectivity index (χ0v) is 9.18. The van der Waals surface area contributed by atoms with Gasteiger partial charge in [-0.15, -0.1) is 0 Å². The Morgan fingerprint density at radius 3 is 2.78 bits per heavy atom. The van der Waals surface area contributed by atoms with Gasteiger partial charge >= 0.3 is 5.97 Å². The van der Waals surface area contributed by atoms with Crippen molar-refractivity contribution < 1.29 is 14.7 Å². The molecule has 0 saturated heterocycles. The highest BCUT2D eigenvalue weighted by Gasteiger charge is 2.13. The number of rotatable bonds is 3. The Morgan fingerprint density at radius 1 is 1.33 bits per heavy atom. The maximum atomic E-state index is 11.8. The number of hydrogen-bond donors (Lipinski definition) is 2. The lowest BCUT2D eigenvalue weighted by Crippen LogP contribution is -1.96. The van der Waals surface area contributed by atoms with Crippen molar-refractivity contribution >= 4 is 22.7 Å². The molecule has 0 aliphatic rings. The SMILES string of the molecule is N#Cc1cccc2[nH]cc(C(=O)/C=C/C(=O)O)c12. The summed E-state index contributed by atoms with van der Waals surface area (Å²) in [5.41, 5.74) is 1.33. The summed E-state index contributed by atoms with van der Waals surface area (Å²) < 4.78 is 0. The molecule has 18 heavy (non-hydrogen) atoms. The molecule has 2 rings (SSSR count). The number of benzene rings is 1. The van der Waals surface area contributed by atoms with Crippen molar-refractivity contribution in [3.8, 4) is 6.07 Å². The molecule has 0 aliphatic heterocycles. The molecule has 5 nitrogen and oxygen atoms in total. The highest BCUT2D eigenvalue weighted by Crippen LogP contribution is 2.22. The number of carboxylic acids is 1. The van der Waals surface area contributed by atoms with Crippen LogP contribution in [0, 0.1) is 11.3 Å². The van der Waals surface area contributed by atoms with E-state index < -0.39 is 11.8 Å². The van der Waals surface area contributed by atoms with Gasteiger partial charge in [0, 0.05) is 28.7 Å². The van der Waals surface area contributed by atoms with E-state index >= 15 is 0 Å². The van der Waals surface area contributed by atoms with E-state index in [0.29, 0.717) is 22.0 Å². The number of ketones is 1. The number of carbonyl (C=O) groups excluding carboxylic acids is 1. The molecule has 1 aromatic carbocycles. The van der Waals surface area contributed by atoms with Crippen LogP contribution in [0.5, 0.6) is 0 Å². The van der Waals surface area contributed by atoms with Crippen LogP contribution in [0.3, 0.4) is 0 Å². The van der Waals surface area contributed by atoms with E-state index in [-0.39, 0.29) is 0 Å². The first-order valence-electron chi connectivity index (χ1n) is 5.09. The lowest BCUT2D eigenvalue weighted by atomic mass is 10.0. The number of nitrogens with zero attached hydrogens (tertiary/aromatic N) is 1. The Kier molecular flexibility index (Phi) is 2.94. The van der Waals surface area contributed by atoms with Gasteiger partial charge in [0.1, 0.15) is 0 Å². The molecule has 0 atom stereocenters. The Labute approximate surface area is 102 Å². The number of carboxylic acid groups (broad SMARTS) is 1. The first kappa shape index (κ1) is 11.6. The van der Waals surface area contributed by atoms with E-state index in [2.05, 4.69) is 4.98 Å². The lowest BCUT2D eigenvalue weighted by molar-refractivity contribution is -0.131. The summed E-state index contributed by atoms with van der Waals surface area (Å²) in [5, 5.41) is 18.0. The van der Waals surface area contributed by atoms with E-state index in [0.717, 1.165) is 12.2 Å². The molecule has 0 amide bonds. The predicted octanol–water partition coefficient (Wildman–Crippen LogP) is 1.86.